The first-order valence-electron chi connectivity index (χ1n) is 9.92. The molecule has 0 aromatic heterocycles. The molecule has 0 unspecified atom stereocenters. The first-order valence-corrected chi connectivity index (χ1v) is 9.92. The van der Waals surface area contributed by atoms with Crippen LogP contribution in [0.4, 0.5) is 0 Å². The van der Waals surface area contributed by atoms with E-state index in [1.807, 2.05) is 72.8 Å². The summed E-state index contributed by atoms with van der Waals surface area (Å²) in [6.07, 6.45) is 3.88. The molecule has 0 spiro atoms. The molecule has 0 saturated heterocycles. The Morgan fingerprint density at radius 2 is 0.967 bits per heavy atom. The van der Waals surface area contributed by atoms with Gasteiger partial charge in [0, 0.05) is 33.1 Å². The average Bonchev–Trinajstić information content (AvgIpc) is 3.15. The minimum absolute atomic E-state index is 0.391. The average molecular weight is 384 g/mol. The van der Waals surface area contributed by atoms with Crippen molar-refractivity contribution in [1.29, 1.82) is 10.5 Å². The van der Waals surface area contributed by atoms with E-state index in [1.54, 1.807) is 0 Å². The highest BCUT2D eigenvalue weighted by atomic mass is 14.6. The Hall–Kier alpha value is -3.98. The largest absolute Gasteiger partial charge is 0.198 e. The van der Waals surface area contributed by atoms with Gasteiger partial charge in [-0.1, -0.05) is 86.1 Å². The summed E-state index contributed by atoms with van der Waals surface area (Å²) in [6, 6.07) is 24.4. The van der Waals surface area contributed by atoms with E-state index in [0.29, 0.717) is 0 Å². The van der Waals surface area contributed by atoms with Crippen LogP contribution in [0, 0.1) is 69.0 Å². The second-order valence-electron chi connectivity index (χ2n) is 8.01. The van der Waals surface area contributed by atoms with Gasteiger partial charge in [-0.15, -0.1) is 0 Å². The molecule has 30 heavy (non-hydrogen) atoms. The van der Waals surface area contributed by atoms with Gasteiger partial charge < -0.3 is 0 Å². The van der Waals surface area contributed by atoms with E-state index in [0.717, 1.165) is 22.3 Å². The minimum Gasteiger partial charge on any atom is -0.198 e. The van der Waals surface area contributed by atoms with E-state index in [2.05, 4.69) is 49.7 Å². The van der Waals surface area contributed by atoms with Gasteiger partial charge in [0.1, 0.15) is 0 Å². The predicted molar refractivity (Wildman–Crippen MR) is 117 cm³/mol. The summed E-state index contributed by atoms with van der Waals surface area (Å²) < 4.78 is 0. The van der Waals surface area contributed by atoms with Crippen LogP contribution in [0.5, 0.6) is 0 Å². The van der Waals surface area contributed by atoms with Crippen LogP contribution >= 0.6 is 0 Å². The second-order valence-corrected chi connectivity index (χ2v) is 8.01. The Morgan fingerprint density at radius 1 is 0.600 bits per heavy atom. The Morgan fingerprint density at radius 3 is 1.30 bits per heavy atom. The molecule has 2 heteroatoms. The van der Waals surface area contributed by atoms with Gasteiger partial charge in [0.15, 0.2) is 0 Å². The molecular weight excluding hydrogens is 364 g/mol. The van der Waals surface area contributed by atoms with Gasteiger partial charge in [-0.25, -0.2) is 0 Å². The van der Waals surface area contributed by atoms with E-state index in [4.69, 9.17) is 0 Å². The highest BCUT2D eigenvalue weighted by Gasteiger charge is 2.64. The number of fused-ring (bicyclic) bond motifs is 1. The van der Waals surface area contributed by atoms with Crippen molar-refractivity contribution in [1.82, 2.24) is 0 Å². The topological polar surface area (TPSA) is 47.6 Å². The number of rotatable bonds is 0. The third kappa shape index (κ3) is 2.83. The summed E-state index contributed by atoms with van der Waals surface area (Å²) in [5.41, 5.74) is 2.33. The standard InChI is InChI=1S/C28H20N2/c1-27-23(15-13-21-9-5-3-6-10-21)17-26(20-30)28(27,2)24(18-25(27)19-29)16-14-22-11-7-4-8-12-22/h3-12,17-18,25-26H,1-2H3/t25-,26-,27-,28-/m0/s1. The van der Waals surface area contributed by atoms with Crippen molar-refractivity contribution in [2.45, 2.75) is 13.8 Å². The summed E-state index contributed by atoms with van der Waals surface area (Å²) >= 11 is 0. The van der Waals surface area contributed by atoms with E-state index in [1.165, 1.54) is 0 Å². The quantitative estimate of drug-likeness (QED) is 0.582. The normalized spacial score (nSPS) is 28.4. The molecule has 2 aliphatic carbocycles. The molecule has 4 atom stereocenters. The molecule has 0 N–H and O–H groups in total. The molecular formula is C28H20N2. The smallest absolute Gasteiger partial charge is 0.0765 e. The van der Waals surface area contributed by atoms with Crippen LogP contribution in [0.2, 0.25) is 0 Å². The first-order chi connectivity index (χ1) is 14.5. The van der Waals surface area contributed by atoms with Crippen molar-refractivity contribution >= 4 is 0 Å². The molecule has 2 aromatic carbocycles. The van der Waals surface area contributed by atoms with E-state index in [9.17, 15) is 10.5 Å². The lowest BCUT2D eigenvalue weighted by molar-refractivity contribution is 0.156. The van der Waals surface area contributed by atoms with Crippen LogP contribution in [-0.2, 0) is 0 Å². The highest BCUT2D eigenvalue weighted by molar-refractivity contribution is 5.60. The molecule has 0 saturated carbocycles. The zero-order chi connectivity index (χ0) is 21.2. The monoisotopic (exact) mass is 384 g/mol. The van der Waals surface area contributed by atoms with Crippen molar-refractivity contribution in [2.75, 3.05) is 0 Å². The van der Waals surface area contributed by atoms with Crippen LogP contribution in [0.15, 0.2) is 84.0 Å². The molecule has 4 rings (SSSR count). The van der Waals surface area contributed by atoms with Crippen molar-refractivity contribution in [3.05, 3.63) is 95.1 Å². The summed E-state index contributed by atoms with van der Waals surface area (Å²) in [5.74, 6) is 12.2. The first kappa shape index (κ1) is 19.3. The number of hydrogen-bond acceptors (Lipinski definition) is 2. The maximum Gasteiger partial charge on any atom is 0.0765 e. The fourth-order valence-electron chi connectivity index (χ4n) is 4.55. The molecule has 0 heterocycles. The lowest BCUT2D eigenvalue weighted by atomic mass is 9.58. The SMILES string of the molecule is C[C@@]12C(C#Cc3ccccc3)=C[C@@H](C#N)[C@]1(C)C(C#Cc1ccccc1)=C[C@H]2C#N. The number of nitrogens with zero attached hydrogens (tertiary/aromatic N) is 2. The van der Waals surface area contributed by atoms with Gasteiger partial charge in [-0.2, -0.15) is 10.5 Å². The van der Waals surface area contributed by atoms with Crippen LogP contribution in [-0.4, -0.2) is 0 Å². The lowest BCUT2D eigenvalue weighted by Gasteiger charge is -2.40. The van der Waals surface area contributed by atoms with Crippen LogP contribution in [0.1, 0.15) is 25.0 Å². The zero-order valence-electron chi connectivity index (χ0n) is 17.0. The maximum absolute atomic E-state index is 9.96. The van der Waals surface area contributed by atoms with Gasteiger partial charge in [-0.3, -0.25) is 0 Å². The summed E-state index contributed by atoms with van der Waals surface area (Å²) in [6.45, 7) is 4.11. The number of allylic oxidation sites excluding steroid dienone is 4. The number of nitriles is 2. The van der Waals surface area contributed by atoms with Crippen LogP contribution in [0.25, 0.3) is 0 Å². The molecule has 142 valence electrons. The Kier molecular flexibility index (Phi) is 4.80. The third-order valence-corrected chi connectivity index (χ3v) is 6.62. The Labute approximate surface area is 178 Å². The molecule has 2 nitrogen and oxygen atoms in total. The molecule has 0 fully saturated rings. The van der Waals surface area contributed by atoms with Gasteiger partial charge in [-0.05, 0) is 24.3 Å². The van der Waals surface area contributed by atoms with Crippen molar-refractivity contribution < 1.29 is 0 Å². The third-order valence-electron chi connectivity index (χ3n) is 6.62. The van der Waals surface area contributed by atoms with Gasteiger partial charge in [0.05, 0.1) is 24.0 Å². The summed E-state index contributed by atoms with van der Waals surface area (Å²) in [7, 11) is 0. The second kappa shape index (κ2) is 7.45. The van der Waals surface area contributed by atoms with E-state index < -0.39 is 22.7 Å². The predicted octanol–water partition coefficient (Wildman–Crippen LogP) is 5.26. The molecule has 0 aliphatic heterocycles. The minimum atomic E-state index is -0.593. The van der Waals surface area contributed by atoms with Crippen molar-refractivity contribution in [3.8, 4) is 35.8 Å². The molecule has 0 amide bonds. The highest BCUT2D eigenvalue weighted by Crippen LogP contribution is 2.66. The van der Waals surface area contributed by atoms with Crippen molar-refractivity contribution in [3.63, 3.8) is 0 Å². The van der Waals surface area contributed by atoms with Crippen LogP contribution < -0.4 is 0 Å². The van der Waals surface area contributed by atoms with Crippen LogP contribution in [0.3, 0.4) is 0 Å². The van der Waals surface area contributed by atoms with E-state index in [-0.39, 0.29) is 0 Å². The van der Waals surface area contributed by atoms with E-state index >= 15 is 0 Å². The number of hydrogen-bond donors (Lipinski definition) is 0. The fourth-order valence-corrected chi connectivity index (χ4v) is 4.55. The Bertz CT molecular complexity index is 1150. The zero-order valence-corrected chi connectivity index (χ0v) is 17.0. The van der Waals surface area contributed by atoms with Crippen molar-refractivity contribution in [2.24, 2.45) is 22.7 Å². The molecule has 0 radical (unpaired) electrons. The fraction of sp³-hybridized carbons (Fsp3) is 0.214. The maximum atomic E-state index is 9.96. The molecule has 2 aromatic rings. The summed E-state index contributed by atoms with van der Waals surface area (Å²) in [5, 5.41) is 19.9. The summed E-state index contributed by atoms with van der Waals surface area (Å²) in [4.78, 5) is 0. The lowest BCUT2D eigenvalue weighted by Crippen LogP contribution is -2.40. The molecule has 0 bridgehead atoms. The van der Waals surface area contributed by atoms with Gasteiger partial charge >= 0.3 is 0 Å². The van der Waals surface area contributed by atoms with Gasteiger partial charge in [0.25, 0.3) is 0 Å². The Balaban J connectivity index is 1.79. The van der Waals surface area contributed by atoms with Gasteiger partial charge in [0.2, 0.25) is 0 Å². The number of benzene rings is 2. The molecule has 2 aliphatic rings.